The molecule has 1 nitrogen and oxygen atoms in total. The van der Waals surface area contributed by atoms with Gasteiger partial charge in [-0.2, -0.15) is 0 Å². The van der Waals surface area contributed by atoms with Gasteiger partial charge in [0.1, 0.15) is 0 Å². The van der Waals surface area contributed by atoms with Crippen LogP contribution < -0.4 is 0 Å². The zero-order valence-corrected chi connectivity index (χ0v) is 16.4. The standard InChI is InChI=1S/C24H29N/c1-7-17(3)21-15-23(25-22-11-9-8-10-20(21)22)18-12-16(2)13-19(14-18)24(4,5)6/h8-15,17H,7H2,1-6H3. The van der Waals surface area contributed by atoms with Gasteiger partial charge in [-0.15, -0.1) is 0 Å². The summed E-state index contributed by atoms with van der Waals surface area (Å²) in [4.78, 5) is 4.99. The van der Waals surface area contributed by atoms with Gasteiger partial charge in [-0.1, -0.05) is 64.4 Å². The van der Waals surface area contributed by atoms with Gasteiger partial charge in [-0.25, -0.2) is 4.98 Å². The molecule has 0 fully saturated rings. The van der Waals surface area contributed by atoms with Crippen LogP contribution in [0.2, 0.25) is 0 Å². The van der Waals surface area contributed by atoms with Crippen molar-refractivity contribution in [2.24, 2.45) is 0 Å². The van der Waals surface area contributed by atoms with Crippen LogP contribution in [0.4, 0.5) is 0 Å². The monoisotopic (exact) mass is 331 g/mol. The first-order valence-electron chi connectivity index (χ1n) is 9.32. The topological polar surface area (TPSA) is 12.9 Å². The van der Waals surface area contributed by atoms with Gasteiger partial charge in [-0.3, -0.25) is 0 Å². The van der Waals surface area contributed by atoms with E-state index in [1.54, 1.807) is 0 Å². The summed E-state index contributed by atoms with van der Waals surface area (Å²) < 4.78 is 0. The SMILES string of the molecule is CCC(C)c1cc(-c2cc(C)cc(C(C)(C)C)c2)nc2ccccc12. The van der Waals surface area contributed by atoms with Crippen molar-refractivity contribution in [1.82, 2.24) is 4.98 Å². The van der Waals surface area contributed by atoms with Gasteiger partial charge < -0.3 is 0 Å². The summed E-state index contributed by atoms with van der Waals surface area (Å²) in [6.07, 6.45) is 1.13. The lowest BCUT2D eigenvalue weighted by atomic mass is 9.84. The molecular weight excluding hydrogens is 302 g/mol. The zero-order chi connectivity index (χ0) is 18.2. The molecule has 1 heteroatoms. The van der Waals surface area contributed by atoms with Gasteiger partial charge in [0.2, 0.25) is 0 Å². The average molecular weight is 332 g/mol. The van der Waals surface area contributed by atoms with Gasteiger partial charge in [0.15, 0.2) is 0 Å². The van der Waals surface area contributed by atoms with Crippen molar-refractivity contribution < 1.29 is 0 Å². The first-order valence-corrected chi connectivity index (χ1v) is 9.32. The Labute approximate surface area is 152 Å². The molecule has 1 atom stereocenters. The Morgan fingerprint density at radius 3 is 2.40 bits per heavy atom. The van der Waals surface area contributed by atoms with Crippen LogP contribution in [0, 0.1) is 6.92 Å². The fraction of sp³-hybridized carbons (Fsp3) is 0.375. The van der Waals surface area contributed by atoms with E-state index in [1.807, 2.05) is 0 Å². The van der Waals surface area contributed by atoms with Crippen LogP contribution in [-0.4, -0.2) is 4.98 Å². The van der Waals surface area contributed by atoms with Crippen LogP contribution in [0.3, 0.4) is 0 Å². The summed E-state index contributed by atoms with van der Waals surface area (Å²) in [6, 6.07) is 17.7. The molecule has 0 radical (unpaired) electrons. The zero-order valence-electron chi connectivity index (χ0n) is 16.4. The highest BCUT2D eigenvalue weighted by atomic mass is 14.7. The summed E-state index contributed by atoms with van der Waals surface area (Å²) in [7, 11) is 0. The quantitative estimate of drug-likeness (QED) is 0.502. The second kappa shape index (κ2) is 6.63. The normalized spacial score (nSPS) is 13.2. The van der Waals surface area contributed by atoms with Crippen molar-refractivity contribution in [2.75, 3.05) is 0 Å². The van der Waals surface area contributed by atoms with E-state index >= 15 is 0 Å². The Morgan fingerprint density at radius 2 is 1.72 bits per heavy atom. The van der Waals surface area contributed by atoms with E-state index in [2.05, 4.69) is 90.1 Å². The summed E-state index contributed by atoms with van der Waals surface area (Å²) in [5.41, 5.74) is 7.60. The summed E-state index contributed by atoms with van der Waals surface area (Å²) >= 11 is 0. The molecule has 0 spiro atoms. The van der Waals surface area contributed by atoms with Crippen molar-refractivity contribution in [1.29, 1.82) is 0 Å². The van der Waals surface area contributed by atoms with E-state index in [9.17, 15) is 0 Å². The summed E-state index contributed by atoms with van der Waals surface area (Å²) in [5, 5.41) is 1.28. The van der Waals surface area contributed by atoms with Crippen molar-refractivity contribution >= 4 is 10.9 Å². The first kappa shape index (κ1) is 17.7. The van der Waals surface area contributed by atoms with E-state index in [4.69, 9.17) is 4.98 Å². The van der Waals surface area contributed by atoms with Crippen LogP contribution in [0.25, 0.3) is 22.2 Å². The van der Waals surface area contributed by atoms with Gasteiger partial charge in [0, 0.05) is 10.9 Å². The minimum Gasteiger partial charge on any atom is -0.248 e. The lowest BCUT2D eigenvalue weighted by Gasteiger charge is -2.21. The Morgan fingerprint density at radius 1 is 1.00 bits per heavy atom. The van der Waals surface area contributed by atoms with Crippen molar-refractivity contribution in [3.63, 3.8) is 0 Å². The predicted octanol–water partition coefficient (Wildman–Crippen LogP) is 7.02. The van der Waals surface area contributed by atoms with E-state index in [0.29, 0.717) is 5.92 Å². The molecule has 130 valence electrons. The molecule has 0 aliphatic rings. The highest BCUT2D eigenvalue weighted by molar-refractivity contribution is 5.85. The van der Waals surface area contributed by atoms with E-state index in [-0.39, 0.29) is 5.41 Å². The number of para-hydroxylation sites is 1. The highest BCUT2D eigenvalue weighted by Crippen LogP contribution is 2.33. The maximum absolute atomic E-state index is 4.99. The number of aromatic nitrogens is 1. The summed E-state index contributed by atoms with van der Waals surface area (Å²) in [6.45, 7) is 13.5. The van der Waals surface area contributed by atoms with E-state index in [0.717, 1.165) is 17.6 Å². The lowest BCUT2D eigenvalue weighted by Crippen LogP contribution is -2.11. The van der Waals surface area contributed by atoms with Gasteiger partial charge >= 0.3 is 0 Å². The molecule has 0 N–H and O–H groups in total. The maximum Gasteiger partial charge on any atom is 0.0712 e. The van der Waals surface area contributed by atoms with Crippen molar-refractivity contribution in [3.05, 3.63) is 65.2 Å². The smallest absolute Gasteiger partial charge is 0.0712 e. The average Bonchev–Trinajstić information content (AvgIpc) is 2.58. The first-order chi connectivity index (χ1) is 11.8. The number of fused-ring (bicyclic) bond motifs is 1. The molecule has 3 aromatic rings. The highest BCUT2D eigenvalue weighted by Gasteiger charge is 2.17. The Bertz CT molecular complexity index is 900. The van der Waals surface area contributed by atoms with Crippen LogP contribution in [0.1, 0.15) is 63.6 Å². The molecule has 2 aromatic carbocycles. The molecule has 3 rings (SSSR count). The van der Waals surface area contributed by atoms with Crippen molar-refractivity contribution in [2.45, 2.75) is 59.3 Å². The second-order valence-corrected chi connectivity index (χ2v) is 8.26. The molecular formula is C24H29N. The number of rotatable bonds is 3. The fourth-order valence-corrected chi connectivity index (χ4v) is 3.34. The molecule has 0 saturated carbocycles. The Hall–Kier alpha value is -2.15. The third-order valence-corrected chi connectivity index (χ3v) is 5.13. The molecule has 25 heavy (non-hydrogen) atoms. The number of hydrogen-bond donors (Lipinski definition) is 0. The van der Waals surface area contributed by atoms with Gasteiger partial charge in [-0.05, 0) is 60.1 Å². The molecule has 1 unspecified atom stereocenters. The number of aryl methyl sites for hydroxylation is 1. The van der Waals surface area contributed by atoms with Crippen LogP contribution in [-0.2, 0) is 5.41 Å². The van der Waals surface area contributed by atoms with Crippen molar-refractivity contribution in [3.8, 4) is 11.3 Å². The Kier molecular flexibility index (Phi) is 4.69. The van der Waals surface area contributed by atoms with E-state index < -0.39 is 0 Å². The number of hydrogen-bond acceptors (Lipinski definition) is 1. The molecule has 1 aromatic heterocycles. The van der Waals surface area contributed by atoms with Crippen LogP contribution in [0.15, 0.2) is 48.5 Å². The largest absolute Gasteiger partial charge is 0.248 e. The Balaban J connectivity index is 2.24. The summed E-state index contributed by atoms with van der Waals surface area (Å²) in [5.74, 6) is 0.526. The molecule has 1 heterocycles. The minimum atomic E-state index is 0.136. The lowest BCUT2D eigenvalue weighted by molar-refractivity contribution is 0.590. The fourth-order valence-electron chi connectivity index (χ4n) is 3.34. The number of benzene rings is 2. The van der Waals surface area contributed by atoms with E-state index in [1.165, 1.54) is 27.6 Å². The van der Waals surface area contributed by atoms with Crippen LogP contribution >= 0.6 is 0 Å². The molecule has 0 aliphatic heterocycles. The molecule has 0 bridgehead atoms. The minimum absolute atomic E-state index is 0.136. The third kappa shape index (κ3) is 3.61. The second-order valence-electron chi connectivity index (χ2n) is 8.26. The third-order valence-electron chi connectivity index (χ3n) is 5.13. The number of pyridine rings is 1. The van der Waals surface area contributed by atoms with Crippen LogP contribution in [0.5, 0.6) is 0 Å². The number of nitrogens with zero attached hydrogens (tertiary/aromatic N) is 1. The molecule has 0 aliphatic carbocycles. The molecule has 0 saturated heterocycles. The van der Waals surface area contributed by atoms with Gasteiger partial charge in [0.05, 0.1) is 11.2 Å². The van der Waals surface area contributed by atoms with Gasteiger partial charge in [0.25, 0.3) is 0 Å². The maximum atomic E-state index is 4.99. The predicted molar refractivity (Wildman–Crippen MR) is 109 cm³/mol. The molecule has 0 amide bonds.